The molecule has 4 nitrogen and oxygen atoms in total. The highest BCUT2D eigenvalue weighted by Crippen LogP contribution is 2.31. The quantitative estimate of drug-likeness (QED) is 0.879. The fraction of sp³-hybridized carbons (Fsp3) is 0.250. The minimum absolute atomic E-state index is 0.597. The molecule has 2 atom stereocenters. The van der Waals surface area contributed by atoms with Crippen molar-refractivity contribution in [2.75, 3.05) is 14.2 Å². The fourth-order valence-electron chi connectivity index (χ4n) is 2.02. The Labute approximate surface area is 118 Å². The van der Waals surface area contributed by atoms with Gasteiger partial charge in [-0.3, -0.25) is 0 Å². The SMILES string of the molecule is COc1cccc([C@@H](O)[C@@H](O)c2cccc(OC)c2)c1. The molecule has 0 aliphatic rings. The molecule has 0 spiro atoms. The Morgan fingerprint density at radius 1 is 0.750 bits per heavy atom. The average Bonchev–Trinajstić information content (AvgIpc) is 2.53. The Bertz CT molecular complexity index is 516. The first-order chi connectivity index (χ1) is 9.65. The summed E-state index contributed by atoms with van der Waals surface area (Å²) in [5.41, 5.74) is 1.19. The minimum atomic E-state index is -1.03. The van der Waals surface area contributed by atoms with Gasteiger partial charge in [0.1, 0.15) is 23.7 Å². The van der Waals surface area contributed by atoms with Gasteiger partial charge in [0.2, 0.25) is 0 Å². The van der Waals surface area contributed by atoms with Crippen LogP contribution in [0.4, 0.5) is 0 Å². The van der Waals surface area contributed by atoms with Crippen LogP contribution in [0.3, 0.4) is 0 Å². The summed E-state index contributed by atoms with van der Waals surface area (Å²) in [6, 6.07) is 14.0. The highest BCUT2D eigenvalue weighted by molar-refractivity contribution is 5.34. The lowest BCUT2D eigenvalue weighted by molar-refractivity contribution is 0.0170. The summed E-state index contributed by atoms with van der Waals surface area (Å²) >= 11 is 0. The zero-order chi connectivity index (χ0) is 14.5. The van der Waals surface area contributed by atoms with E-state index in [2.05, 4.69) is 0 Å². The van der Waals surface area contributed by atoms with Gasteiger partial charge in [-0.25, -0.2) is 0 Å². The summed E-state index contributed by atoms with van der Waals surface area (Å²) in [4.78, 5) is 0. The maximum Gasteiger partial charge on any atom is 0.119 e. The molecule has 0 aromatic heterocycles. The number of benzene rings is 2. The van der Waals surface area contributed by atoms with Crippen LogP contribution in [0, 0.1) is 0 Å². The fourth-order valence-corrected chi connectivity index (χ4v) is 2.02. The Balaban J connectivity index is 2.24. The number of hydrogen-bond donors (Lipinski definition) is 2. The predicted molar refractivity (Wildman–Crippen MR) is 75.9 cm³/mol. The molecule has 0 saturated heterocycles. The van der Waals surface area contributed by atoms with E-state index >= 15 is 0 Å². The smallest absolute Gasteiger partial charge is 0.119 e. The maximum absolute atomic E-state index is 10.3. The number of aliphatic hydroxyl groups is 2. The molecule has 0 heterocycles. The van der Waals surface area contributed by atoms with Crippen LogP contribution < -0.4 is 9.47 Å². The lowest BCUT2D eigenvalue weighted by Gasteiger charge is -2.19. The highest BCUT2D eigenvalue weighted by atomic mass is 16.5. The second kappa shape index (κ2) is 6.41. The van der Waals surface area contributed by atoms with Crippen LogP contribution in [0.5, 0.6) is 11.5 Å². The topological polar surface area (TPSA) is 58.9 Å². The third-order valence-electron chi connectivity index (χ3n) is 3.17. The summed E-state index contributed by atoms with van der Waals surface area (Å²) in [6.45, 7) is 0. The summed E-state index contributed by atoms with van der Waals surface area (Å²) < 4.78 is 10.2. The standard InChI is InChI=1S/C16H18O4/c1-19-13-7-3-5-11(9-13)15(17)16(18)12-6-4-8-14(10-12)20-2/h3-10,15-18H,1-2H3/t15-,16+. The Morgan fingerprint density at radius 3 is 1.50 bits per heavy atom. The highest BCUT2D eigenvalue weighted by Gasteiger charge is 2.21. The van der Waals surface area contributed by atoms with Crippen molar-refractivity contribution in [3.63, 3.8) is 0 Å². The summed E-state index contributed by atoms with van der Waals surface area (Å²) in [7, 11) is 3.12. The van der Waals surface area contributed by atoms with Crippen molar-refractivity contribution in [3.05, 3.63) is 59.7 Å². The molecule has 2 N–H and O–H groups in total. The molecule has 0 amide bonds. The van der Waals surface area contributed by atoms with Crippen molar-refractivity contribution in [2.24, 2.45) is 0 Å². The summed E-state index contributed by atoms with van der Waals surface area (Å²) in [5.74, 6) is 1.28. The van der Waals surface area contributed by atoms with Crippen molar-refractivity contribution in [2.45, 2.75) is 12.2 Å². The van der Waals surface area contributed by atoms with Crippen LogP contribution in [0.25, 0.3) is 0 Å². The van der Waals surface area contributed by atoms with Crippen molar-refractivity contribution in [3.8, 4) is 11.5 Å². The van der Waals surface area contributed by atoms with Gasteiger partial charge in [0.05, 0.1) is 14.2 Å². The van der Waals surface area contributed by atoms with Crippen molar-refractivity contribution in [1.82, 2.24) is 0 Å². The van der Waals surface area contributed by atoms with E-state index in [1.165, 1.54) is 0 Å². The first kappa shape index (κ1) is 14.4. The maximum atomic E-state index is 10.3. The van der Waals surface area contributed by atoms with Crippen molar-refractivity contribution < 1.29 is 19.7 Å². The van der Waals surface area contributed by atoms with Crippen LogP contribution in [-0.4, -0.2) is 24.4 Å². The van der Waals surface area contributed by atoms with Crippen LogP contribution >= 0.6 is 0 Å². The number of aliphatic hydroxyl groups excluding tert-OH is 2. The molecule has 20 heavy (non-hydrogen) atoms. The monoisotopic (exact) mass is 274 g/mol. The molecule has 2 aromatic carbocycles. The molecular formula is C16H18O4. The largest absolute Gasteiger partial charge is 0.497 e. The van der Waals surface area contributed by atoms with E-state index in [0.717, 1.165) is 0 Å². The van der Waals surface area contributed by atoms with Crippen LogP contribution in [0.15, 0.2) is 48.5 Å². The molecule has 2 aromatic rings. The van der Waals surface area contributed by atoms with Gasteiger partial charge in [-0.05, 0) is 35.4 Å². The summed E-state index contributed by atoms with van der Waals surface area (Å²) in [6.07, 6.45) is -2.06. The predicted octanol–water partition coefficient (Wildman–Crippen LogP) is 2.47. The average molecular weight is 274 g/mol. The normalized spacial score (nSPS) is 13.6. The summed E-state index contributed by atoms with van der Waals surface area (Å²) in [5, 5.41) is 20.6. The number of rotatable bonds is 5. The third-order valence-corrected chi connectivity index (χ3v) is 3.17. The van der Waals surface area contributed by atoms with Gasteiger partial charge in [-0.15, -0.1) is 0 Å². The Hall–Kier alpha value is -2.04. The van der Waals surface area contributed by atoms with Gasteiger partial charge in [0, 0.05) is 0 Å². The van der Waals surface area contributed by atoms with Gasteiger partial charge in [-0.1, -0.05) is 24.3 Å². The van der Waals surface area contributed by atoms with E-state index in [4.69, 9.17) is 9.47 Å². The zero-order valence-corrected chi connectivity index (χ0v) is 11.5. The van der Waals surface area contributed by atoms with E-state index < -0.39 is 12.2 Å². The van der Waals surface area contributed by atoms with Gasteiger partial charge in [0.25, 0.3) is 0 Å². The molecule has 4 heteroatoms. The molecule has 106 valence electrons. The molecular weight excluding hydrogens is 256 g/mol. The second-order valence-corrected chi connectivity index (χ2v) is 4.44. The zero-order valence-electron chi connectivity index (χ0n) is 11.5. The van der Waals surface area contributed by atoms with E-state index in [0.29, 0.717) is 22.6 Å². The molecule has 0 saturated carbocycles. The first-order valence-corrected chi connectivity index (χ1v) is 6.29. The first-order valence-electron chi connectivity index (χ1n) is 6.29. The number of methoxy groups -OCH3 is 2. The minimum Gasteiger partial charge on any atom is -0.497 e. The van der Waals surface area contributed by atoms with Gasteiger partial charge in [-0.2, -0.15) is 0 Å². The van der Waals surface area contributed by atoms with Crippen LogP contribution in [0.1, 0.15) is 23.3 Å². The lowest BCUT2D eigenvalue weighted by Crippen LogP contribution is -2.10. The van der Waals surface area contributed by atoms with Crippen LogP contribution in [0.2, 0.25) is 0 Å². The van der Waals surface area contributed by atoms with Crippen molar-refractivity contribution >= 4 is 0 Å². The number of ether oxygens (including phenoxy) is 2. The van der Waals surface area contributed by atoms with Gasteiger partial charge < -0.3 is 19.7 Å². The Kier molecular flexibility index (Phi) is 4.61. The molecule has 2 rings (SSSR count). The molecule has 0 unspecified atom stereocenters. The van der Waals surface area contributed by atoms with Gasteiger partial charge >= 0.3 is 0 Å². The molecule has 0 bridgehead atoms. The van der Waals surface area contributed by atoms with E-state index in [9.17, 15) is 10.2 Å². The van der Waals surface area contributed by atoms with E-state index in [-0.39, 0.29) is 0 Å². The lowest BCUT2D eigenvalue weighted by atomic mass is 9.98. The van der Waals surface area contributed by atoms with Gasteiger partial charge in [0.15, 0.2) is 0 Å². The molecule has 0 aliphatic heterocycles. The van der Waals surface area contributed by atoms with Crippen LogP contribution in [-0.2, 0) is 0 Å². The Morgan fingerprint density at radius 2 is 1.15 bits per heavy atom. The third kappa shape index (κ3) is 3.10. The number of hydrogen-bond acceptors (Lipinski definition) is 4. The molecule has 0 aliphatic carbocycles. The molecule has 0 fully saturated rings. The van der Waals surface area contributed by atoms with Crippen molar-refractivity contribution in [1.29, 1.82) is 0 Å². The van der Waals surface area contributed by atoms with E-state index in [1.807, 2.05) is 0 Å². The van der Waals surface area contributed by atoms with E-state index in [1.54, 1.807) is 62.8 Å². The second-order valence-electron chi connectivity index (χ2n) is 4.44. The molecule has 0 radical (unpaired) electrons.